The lowest BCUT2D eigenvalue weighted by atomic mass is 10.0. The van der Waals surface area contributed by atoms with E-state index in [4.69, 9.17) is 4.74 Å². The van der Waals surface area contributed by atoms with Gasteiger partial charge >= 0.3 is 17.7 Å². The minimum absolute atomic E-state index is 0.0591. The standard InChI is InChI=1S/C19H14N2O6/c22-18(23)15-10-13-8-4-5-9-14(13)17(21(25)26)16(15)20-19(24)27-11-12-6-2-1-3-7-12/h1-10H,11H2,(H,20,24)(H,22,23). The molecule has 8 heteroatoms. The average molecular weight is 366 g/mol. The molecule has 0 saturated heterocycles. The number of anilines is 1. The Morgan fingerprint density at radius 3 is 2.41 bits per heavy atom. The van der Waals surface area contributed by atoms with Crippen LogP contribution in [0.1, 0.15) is 15.9 Å². The van der Waals surface area contributed by atoms with Crippen molar-refractivity contribution >= 4 is 34.2 Å². The fourth-order valence-electron chi connectivity index (χ4n) is 2.67. The minimum atomic E-state index is -1.40. The second-order valence-electron chi connectivity index (χ2n) is 5.62. The van der Waals surface area contributed by atoms with Crippen LogP contribution in [0.15, 0.2) is 60.7 Å². The number of aromatic carboxylic acids is 1. The number of nitro groups is 1. The van der Waals surface area contributed by atoms with Crippen LogP contribution in [-0.4, -0.2) is 22.1 Å². The molecule has 0 aliphatic carbocycles. The lowest BCUT2D eigenvalue weighted by molar-refractivity contribution is -0.382. The number of nitro benzene ring substituents is 1. The number of ether oxygens (including phenoxy) is 1. The molecule has 0 spiro atoms. The van der Waals surface area contributed by atoms with Gasteiger partial charge in [-0.15, -0.1) is 0 Å². The first-order chi connectivity index (χ1) is 13.0. The Bertz CT molecular complexity index is 1030. The van der Waals surface area contributed by atoms with Crippen LogP contribution >= 0.6 is 0 Å². The van der Waals surface area contributed by atoms with Crippen molar-refractivity contribution in [3.05, 3.63) is 81.9 Å². The average Bonchev–Trinajstić information content (AvgIpc) is 2.66. The quantitative estimate of drug-likeness (QED) is 0.516. The van der Waals surface area contributed by atoms with Crippen molar-refractivity contribution in [1.29, 1.82) is 0 Å². The summed E-state index contributed by atoms with van der Waals surface area (Å²) < 4.78 is 5.05. The summed E-state index contributed by atoms with van der Waals surface area (Å²) in [6.45, 7) is -0.0591. The number of rotatable bonds is 5. The fourth-order valence-corrected chi connectivity index (χ4v) is 2.67. The molecule has 0 aliphatic heterocycles. The molecule has 0 atom stereocenters. The molecule has 27 heavy (non-hydrogen) atoms. The Labute approximate surface area is 153 Å². The highest BCUT2D eigenvalue weighted by Gasteiger charge is 2.27. The summed E-state index contributed by atoms with van der Waals surface area (Å²) in [4.78, 5) is 34.6. The molecule has 2 N–H and O–H groups in total. The van der Waals surface area contributed by atoms with E-state index in [9.17, 15) is 24.8 Å². The van der Waals surface area contributed by atoms with Gasteiger partial charge in [0, 0.05) is 0 Å². The van der Waals surface area contributed by atoms with Gasteiger partial charge in [-0.2, -0.15) is 0 Å². The van der Waals surface area contributed by atoms with E-state index in [1.165, 1.54) is 12.1 Å². The molecule has 3 aromatic carbocycles. The lowest BCUT2D eigenvalue weighted by Gasteiger charge is -2.12. The van der Waals surface area contributed by atoms with E-state index < -0.39 is 33.9 Å². The van der Waals surface area contributed by atoms with Gasteiger partial charge in [-0.1, -0.05) is 48.5 Å². The molecule has 8 nitrogen and oxygen atoms in total. The minimum Gasteiger partial charge on any atom is -0.478 e. The molecule has 0 fully saturated rings. The van der Waals surface area contributed by atoms with E-state index in [1.807, 2.05) is 0 Å². The van der Waals surface area contributed by atoms with Crippen LogP contribution < -0.4 is 5.32 Å². The SMILES string of the molecule is O=C(Nc1c(C(=O)O)cc2ccccc2c1[N+](=O)[O-])OCc1ccccc1. The molecule has 136 valence electrons. The monoisotopic (exact) mass is 366 g/mol. The summed E-state index contributed by atoms with van der Waals surface area (Å²) in [5.41, 5.74) is -0.581. The van der Waals surface area contributed by atoms with Gasteiger partial charge in [0.25, 0.3) is 0 Å². The summed E-state index contributed by atoms with van der Waals surface area (Å²) in [5, 5.41) is 23.8. The van der Waals surface area contributed by atoms with Gasteiger partial charge in [-0.25, -0.2) is 9.59 Å². The number of amides is 1. The smallest absolute Gasteiger partial charge is 0.412 e. The van der Waals surface area contributed by atoms with Gasteiger partial charge in [-0.3, -0.25) is 15.4 Å². The van der Waals surface area contributed by atoms with E-state index in [1.54, 1.807) is 48.5 Å². The first kappa shape index (κ1) is 17.9. The van der Waals surface area contributed by atoms with Crippen molar-refractivity contribution in [2.45, 2.75) is 6.61 Å². The van der Waals surface area contributed by atoms with Crippen LogP contribution in [0.2, 0.25) is 0 Å². The van der Waals surface area contributed by atoms with Gasteiger partial charge < -0.3 is 9.84 Å². The Balaban J connectivity index is 1.97. The number of nitrogens with one attached hydrogen (secondary N) is 1. The Morgan fingerprint density at radius 1 is 1.07 bits per heavy atom. The first-order valence-electron chi connectivity index (χ1n) is 7.88. The third-order valence-electron chi connectivity index (χ3n) is 3.87. The van der Waals surface area contributed by atoms with Crippen LogP contribution in [0.4, 0.5) is 16.2 Å². The summed E-state index contributed by atoms with van der Waals surface area (Å²) in [6, 6.07) is 16.4. The van der Waals surface area contributed by atoms with Crippen molar-refractivity contribution in [2.24, 2.45) is 0 Å². The van der Waals surface area contributed by atoms with Crippen molar-refractivity contribution in [2.75, 3.05) is 5.32 Å². The summed E-state index contributed by atoms with van der Waals surface area (Å²) >= 11 is 0. The first-order valence-corrected chi connectivity index (χ1v) is 7.88. The Hall–Kier alpha value is -3.94. The number of benzene rings is 3. The van der Waals surface area contributed by atoms with Gasteiger partial charge in [0.1, 0.15) is 12.3 Å². The maximum Gasteiger partial charge on any atom is 0.412 e. The number of carboxylic acids is 1. The third-order valence-corrected chi connectivity index (χ3v) is 3.87. The second-order valence-corrected chi connectivity index (χ2v) is 5.62. The molecule has 0 aliphatic rings. The molecule has 3 rings (SSSR count). The number of carbonyl (C=O) groups excluding carboxylic acids is 1. The zero-order valence-electron chi connectivity index (χ0n) is 13.9. The summed E-state index contributed by atoms with van der Waals surface area (Å²) in [5.74, 6) is -1.40. The predicted octanol–water partition coefficient (Wildman–Crippen LogP) is 4.19. The largest absolute Gasteiger partial charge is 0.478 e. The highest BCUT2D eigenvalue weighted by Crippen LogP contribution is 2.37. The molecule has 0 unspecified atom stereocenters. The molecular formula is C19H14N2O6. The maximum absolute atomic E-state index is 12.1. The van der Waals surface area contributed by atoms with E-state index in [2.05, 4.69) is 5.32 Å². The van der Waals surface area contributed by atoms with E-state index in [-0.39, 0.29) is 12.0 Å². The number of fused-ring (bicyclic) bond motifs is 1. The Kier molecular flexibility index (Phi) is 4.98. The molecule has 3 aromatic rings. The number of carbonyl (C=O) groups is 2. The molecule has 0 saturated carbocycles. The zero-order chi connectivity index (χ0) is 19.4. The van der Waals surface area contributed by atoms with Crippen LogP contribution in [0.5, 0.6) is 0 Å². The highest BCUT2D eigenvalue weighted by molar-refractivity contribution is 6.10. The van der Waals surface area contributed by atoms with E-state index in [0.717, 1.165) is 5.56 Å². The van der Waals surface area contributed by atoms with E-state index >= 15 is 0 Å². The molecule has 1 amide bonds. The van der Waals surface area contributed by atoms with Crippen molar-refractivity contribution in [3.63, 3.8) is 0 Å². The van der Waals surface area contributed by atoms with Crippen molar-refractivity contribution in [1.82, 2.24) is 0 Å². The molecule has 0 heterocycles. The number of hydrogen-bond donors (Lipinski definition) is 2. The molecular weight excluding hydrogens is 352 g/mol. The third kappa shape index (κ3) is 3.84. The predicted molar refractivity (Wildman–Crippen MR) is 97.8 cm³/mol. The van der Waals surface area contributed by atoms with Gasteiger partial charge in [0.05, 0.1) is 15.9 Å². The topological polar surface area (TPSA) is 119 Å². The number of carboxylic acid groups (broad SMARTS) is 1. The Morgan fingerprint density at radius 2 is 1.74 bits per heavy atom. The zero-order valence-corrected chi connectivity index (χ0v) is 13.9. The molecule has 0 bridgehead atoms. The van der Waals surface area contributed by atoms with Crippen molar-refractivity contribution < 1.29 is 24.4 Å². The lowest BCUT2D eigenvalue weighted by Crippen LogP contribution is -2.17. The van der Waals surface area contributed by atoms with Crippen LogP contribution in [0.3, 0.4) is 0 Å². The number of hydrogen-bond acceptors (Lipinski definition) is 5. The van der Waals surface area contributed by atoms with Crippen LogP contribution in [-0.2, 0) is 11.3 Å². The van der Waals surface area contributed by atoms with Crippen LogP contribution in [0, 0.1) is 10.1 Å². The van der Waals surface area contributed by atoms with Gasteiger partial charge in [-0.05, 0) is 23.1 Å². The maximum atomic E-state index is 12.1. The van der Waals surface area contributed by atoms with E-state index in [0.29, 0.717) is 5.39 Å². The molecule has 0 radical (unpaired) electrons. The van der Waals surface area contributed by atoms with Crippen molar-refractivity contribution in [3.8, 4) is 0 Å². The molecule has 0 aromatic heterocycles. The summed E-state index contributed by atoms with van der Waals surface area (Å²) in [6.07, 6.45) is -0.986. The highest BCUT2D eigenvalue weighted by atomic mass is 16.6. The fraction of sp³-hybridized carbons (Fsp3) is 0.0526. The number of nitrogens with zero attached hydrogens (tertiary/aromatic N) is 1. The van der Waals surface area contributed by atoms with Crippen LogP contribution in [0.25, 0.3) is 10.8 Å². The normalized spacial score (nSPS) is 10.4. The van der Waals surface area contributed by atoms with Gasteiger partial charge in [0.15, 0.2) is 0 Å². The summed E-state index contributed by atoms with van der Waals surface area (Å²) in [7, 11) is 0. The van der Waals surface area contributed by atoms with Gasteiger partial charge in [0.2, 0.25) is 0 Å². The second kappa shape index (κ2) is 7.52.